The van der Waals surface area contributed by atoms with E-state index in [0.29, 0.717) is 17.9 Å². The molecule has 3 N–H and O–H groups in total. The second kappa shape index (κ2) is 6.31. The van der Waals surface area contributed by atoms with Crippen molar-refractivity contribution in [2.45, 2.75) is 19.8 Å². The van der Waals surface area contributed by atoms with E-state index >= 15 is 0 Å². The van der Waals surface area contributed by atoms with Gasteiger partial charge in [-0.1, -0.05) is 30.3 Å². The smallest absolute Gasteiger partial charge is 0.131 e. The van der Waals surface area contributed by atoms with Gasteiger partial charge in [-0.2, -0.15) is 0 Å². The highest BCUT2D eigenvalue weighted by Gasteiger charge is 2.07. The highest BCUT2D eigenvalue weighted by Crippen LogP contribution is 2.22. The van der Waals surface area contributed by atoms with Gasteiger partial charge in [0.2, 0.25) is 0 Å². The van der Waals surface area contributed by atoms with Gasteiger partial charge in [0, 0.05) is 12.1 Å². The molecule has 0 saturated heterocycles. The van der Waals surface area contributed by atoms with Gasteiger partial charge in [-0.15, -0.1) is 0 Å². The summed E-state index contributed by atoms with van der Waals surface area (Å²) in [7, 11) is 0. The van der Waals surface area contributed by atoms with Crippen LogP contribution in [0.25, 0.3) is 0 Å². The molecule has 2 aromatic carbocycles. The first-order valence-electron chi connectivity index (χ1n) is 6.03. The number of hydrogen-bond acceptors (Lipinski definition) is 3. The van der Waals surface area contributed by atoms with Crippen LogP contribution in [0.2, 0.25) is 0 Å². The van der Waals surface area contributed by atoms with Crippen molar-refractivity contribution < 1.29 is 14.2 Å². The summed E-state index contributed by atoms with van der Waals surface area (Å²) in [6.45, 7) is 0.454. The summed E-state index contributed by atoms with van der Waals surface area (Å²) in [4.78, 5) is 0. The summed E-state index contributed by atoms with van der Waals surface area (Å²) in [6, 6.07) is 12.1. The van der Waals surface area contributed by atoms with E-state index in [0.717, 1.165) is 11.1 Å². The van der Waals surface area contributed by atoms with Gasteiger partial charge in [-0.05, 0) is 23.3 Å². The fourth-order valence-corrected chi connectivity index (χ4v) is 1.77. The van der Waals surface area contributed by atoms with E-state index in [1.165, 1.54) is 6.07 Å². The van der Waals surface area contributed by atoms with E-state index in [-0.39, 0.29) is 19.0 Å². The number of rotatable bonds is 5. The summed E-state index contributed by atoms with van der Waals surface area (Å²) < 4.78 is 19.1. The summed E-state index contributed by atoms with van der Waals surface area (Å²) in [6.07, 6.45) is 0. The van der Waals surface area contributed by atoms with E-state index in [4.69, 9.17) is 15.6 Å². The van der Waals surface area contributed by atoms with Crippen molar-refractivity contribution in [3.05, 3.63) is 65.0 Å². The standard InChI is InChI=1S/C15H16FNO2/c16-14-2-1-3-15(13(14)8-17)19-10-12-6-4-11(9-18)5-7-12/h1-7,18H,8-10,17H2. The number of aliphatic hydroxyl groups is 1. The third-order valence-corrected chi connectivity index (χ3v) is 2.88. The minimum absolute atomic E-state index is 0.0162. The van der Waals surface area contributed by atoms with Crippen LogP contribution in [0.5, 0.6) is 5.75 Å². The molecular weight excluding hydrogens is 245 g/mol. The van der Waals surface area contributed by atoms with Gasteiger partial charge in [0.05, 0.1) is 6.61 Å². The normalized spacial score (nSPS) is 10.5. The molecule has 3 nitrogen and oxygen atoms in total. The van der Waals surface area contributed by atoms with Gasteiger partial charge in [0.15, 0.2) is 0 Å². The van der Waals surface area contributed by atoms with Crippen molar-refractivity contribution in [1.82, 2.24) is 0 Å². The molecule has 0 aromatic heterocycles. The van der Waals surface area contributed by atoms with Crippen molar-refractivity contribution in [3.63, 3.8) is 0 Å². The molecule has 2 rings (SSSR count). The molecule has 0 aliphatic heterocycles. The summed E-state index contributed by atoms with van der Waals surface area (Å²) in [5, 5.41) is 8.95. The number of ether oxygens (including phenoxy) is 1. The molecule has 100 valence electrons. The van der Waals surface area contributed by atoms with Gasteiger partial charge in [0.1, 0.15) is 18.2 Å². The monoisotopic (exact) mass is 261 g/mol. The number of aliphatic hydroxyl groups excluding tert-OH is 1. The first kappa shape index (κ1) is 13.5. The van der Waals surface area contributed by atoms with E-state index in [2.05, 4.69) is 0 Å². The molecule has 0 amide bonds. The Hall–Kier alpha value is -1.91. The zero-order valence-corrected chi connectivity index (χ0v) is 10.5. The topological polar surface area (TPSA) is 55.5 Å². The van der Waals surface area contributed by atoms with Crippen LogP contribution in [0.1, 0.15) is 16.7 Å². The molecule has 0 heterocycles. The number of benzene rings is 2. The highest BCUT2D eigenvalue weighted by molar-refractivity contribution is 5.34. The Morgan fingerprint density at radius 2 is 1.74 bits per heavy atom. The lowest BCUT2D eigenvalue weighted by Gasteiger charge is -2.11. The quantitative estimate of drug-likeness (QED) is 0.868. The predicted molar refractivity (Wildman–Crippen MR) is 71.0 cm³/mol. The molecule has 0 bridgehead atoms. The van der Waals surface area contributed by atoms with E-state index < -0.39 is 0 Å². The maximum Gasteiger partial charge on any atom is 0.131 e. The molecule has 19 heavy (non-hydrogen) atoms. The fourth-order valence-electron chi connectivity index (χ4n) is 1.77. The highest BCUT2D eigenvalue weighted by atomic mass is 19.1. The van der Waals surface area contributed by atoms with Crippen molar-refractivity contribution in [2.24, 2.45) is 5.73 Å². The van der Waals surface area contributed by atoms with Crippen LogP contribution in [0.3, 0.4) is 0 Å². The van der Waals surface area contributed by atoms with Crippen molar-refractivity contribution in [1.29, 1.82) is 0 Å². The molecule has 0 spiro atoms. The molecule has 0 aliphatic carbocycles. The maximum absolute atomic E-state index is 13.5. The maximum atomic E-state index is 13.5. The van der Waals surface area contributed by atoms with E-state index in [1.807, 2.05) is 24.3 Å². The van der Waals surface area contributed by atoms with Crippen LogP contribution in [-0.4, -0.2) is 5.11 Å². The van der Waals surface area contributed by atoms with Crippen molar-refractivity contribution in [3.8, 4) is 5.75 Å². The number of nitrogens with two attached hydrogens (primary N) is 1. The molecule has 0 unspecified atom stereocenters. The van der Waals surface area contributed by atoms with Crippen LogP contribution in [0, 0.1) is 5.82 Å². The van der Waals surface area contributed by atoms with Gasteiger partial charge in [-0.3, -0.25) is 0 Å². The third kappa shape index (κ3) is 3.30. The minimum atomic E-state index is -0.351. The Bertz CT molecular complexity index is 540. The molecule has 0 atom stereocenters. The lowest BCUT2D eigenvalue weighted by atomic mass is 10.1. The first-order chi connectivity index (χ1) is 9.24. The third-order valence-electron chi connectivity index (χ3n) is 2.88. The van der Waals surface area contributed by atoms with Crippen LogP contribution < -0.4 is 10.5 Å². The molecule has 0 saturated carbocycles. The Morgan fingerprint density at radius 1 is 1.05 bits per heavy atom. The lowest BCUT2D eigenvalue weighted by Crippen LogP contribution is -2.05. The summed E-state index contributed by atoms with van der Waals surface area (Å²) in [5.41, 5.74) is 7.69. The van der Waals surface area contributed by atoms with Gasteiger partial charge in [-0.25, -0.2) is 4.39 Å². The zero-order chi connectivity index (χ0) is 13.7. The molecule has 0 radical (unpaired) electrons. The van der Waals surface area contributed by atoms with Gasteiger partial charge >= 0.3 is 0 Å². The number of halogens is 1. The largest absolute Gasteiger partial charge is 0.488 e. The molecule has 0 aliphatic rings. The van der Waals surface area contributed by atoms with Crippen LogP contribution in [0.15, 0.2) is 42.5 Å². The Balaban J connectivity index is 2.07. The lowest BCUT2D eigenvalue weighted by molar-refractivity contribution is 0.281. The SMILES string of the molecule is NCc1c(F)cccc1OCc1ccc(CO)cc1. The molecular formula is C15H16FNO2. The zero-order valence-electron chi connectivity index (χ0n) is 10.5. The van der Waals surface area contributed by atoms with Gasteiger partial charge < -0.3 is 15.6 Å². The van der Waals surface area contributed by atoms with Crippen LogP contribution in [0.4, 0.5) is 4.39 Å². The van der Waals surface area contributed by atoms with Gasteiger partial charge in [0.25, 0.3) is 0 Å². The first-order valence-corrected chi connectivity index (χ1v) is 6.03. The second-order valence-electron chi connectivity index (χ2n) is 4.18. The van der Waals surface area contributed by atoms with Crippen LogP contribution >= 0.6 is 0 Å². The molecule has 0 fully saturated rings. The average molecular weight is 261 g/mol. The Morgan fingerprint density at radius 3 is 2.37 bits per heavy atom. The van der Waals surface area contributed by atoms with Crippen molar-refractivity contribution >= 4 is 0 Å². The van der Waals surface area contributed by atoms with E-state index in [9.17, 15) is 4.39 Å². The predicted octanol–water partition coefficient (Wildman–Crippen LogP) is 2.36. The van der Waals surface area contributed by atoms with Crippen molar-refractivity contribution in [2.75, 3.05) is 0 Å². The Labute approximate surface area is 111 Å². The summed E-state index contributed by atoms with van der Waals surface area (Å²) in [5.74, 6) is 0.115. The van der Waals surface area contributed by atoms with Crippen LogP contribution in [-0.2, 0) is 19.8 Å². The fraction of sp³-hybridized carbons (Fsp3) is 0.200. The van der Waals surface area contributed by atoms with E-state index in [1.54, 1.807) is 12.1 Å². The average Bonchev–Trinajstić information content (AvgIpc) is 2.45. The second-order valence-corrected chi connectivity index (χ2v) is 4.18. The Kier molecular flexibility index (Phi) is 4.49. The summed E-state index contributed by atoms with van der Waals surface area (Å²) >= 11 is 0. The minimum Gasteiger partial charge on any atom is -0.488 e. The number of hydrogen-bond donors (Lipinski definition) is 2. The molecule has 4 heteroatoms. The molecule has 2 aromatic rings.